The van der Waals surface area contributed by atoms with Gasteiger partial charge in [-0.2, -0.15) is 5.26 Å². The largest absolute Gasteiger partial charge is 0.382 e. The maximum absolute atomic E-state index is 11.1. The summed E-state index contributed by atoms with van der Waals surface area (Å²) >= 11 is 0. The van der Waals surface area contributed by atoms with Crippen molar-refractivity contribution in [3.63, 3.8) is 0 Å². The van der Waals surface area contributed by atoms with Gasteiger partial charge in [-0.1, -0.05) is 6.07 Å². The van der Waals surface area contributed by atoms with Gasteiger partial charge in [-0.15, -0.1) is 0 Å². The monoisotopic (exact) mass is 238 g/mol. The fraction of sp³-hybridized carbons (Fsp3) is 0.364. The van der Waals surface area contributed by atoms with E-state index in [-0.39, 0.29) is 11.8 Å². The zero-order valence-corrected chi connectivity index (χ0v) is 10.1. The molecule has 16 heavy (non-hydrogen) atoms. The fourth-order valence-electron chi connectivity index (χ4n) is 1.46. The topological polar surface area (TPSA) is 70.0 Å². The predicted molar refractivity (Wildman–Crippen MR) is 64.0 cm³/mol. The van der Waals surface area contributed by atoms with Crippen LogP contribution in [-0.4, -0.2) is 26.5 Å². The number of benzene rings is 1. The third-order valence-electron chi connectivity index (χ3n) is 1.96. The average Bonchev–Trinajstić information content (AvgIpc) is 2.15. The number of hydrogen-bond acceptors (Lipinski definition) is 4. The van der Waals surface area contributed by atoms with Gasteiger partial charge in [-0.05, 0) is 25.1 Å². The standard InChI is InChI=1S/C11H14N2O2S/c1-9(8-16(2,14)15)13-11-5-3-4-10(6-11)7-12/h3-6,9,13H,8H2,1-2H3. The van der Waals surface area contributed by atoms with Gasteiger partial charge in [0.05, 0.1) is 17.4 Å². The lowest BCUT2D eigenvalue weighted by atomic mass is 10.2. The number of sulfone groups is 1. The van der Waals surface area contributed by atoms with Gasteiger partial charge in [0, 0.05) is 18.0 Å². The molecular formula is C11H14N2O2S. The van der Waals surface area contributed by atoms with E-state index in [9.17, 15) is 8.42 Å². The van der Waals surface area contributed by atoms with E-state index < -0.39 is 9.84 Å². The van der Waals surface area contributed by atoms with Crippen LogP contribution in [0.15, 0.2) is 24.3 Å². The van der Waals surface area contributed by atoms with Crippen molar-refractivity contribution < 1.29 is 8.42 Å². The molecule has 1 atom stereocenters. The van der Waals surface area contributed by atoms with Gasteiger partial charge in [-0.25, -0.2) is 8.42 Å². The lowest BCUT2D eigenvalue weighted by Crippen LogP contribution is -2.24. The molecule has 4 nitrogen and oxygen atoms in total. The molecule has 1 aromatic rings. The Labute approximate surface area is 95.8 Å². The van der Waals surface area contributed by atoms with Crippen LogP contribution < -0.4 is 5.32 Å². The molecule has 0 aliphatic rings. The summed E-state index contributed by atoms with van der Waals surface area (Å²) < 4.78 is 22.1. The van der Waals surface area contributed by atoms with E-state index in [0.29, 0.717) is 5.56 Å². The number of rotatable bonds is 4. The summed E-state index contributed by atoms with van der Waals surface area (Å²) in [6.07, 6.45) is 1.21. The number of hydrogen-bond donors (Lipinski definition) is 1. The van der Waals surface area contributed by atoms with E-state index in [1.165, 1.54) is 6.26 Å². The molecule has 1 aromatic carbocycles. The Bertz CT molecular complexity index is 503. The quantitative estimate of drug-likeness (QED) is 0.860. The molecular weight excluding hydrogens is 224 g/mol. The highest BCUT2D eigenvalue weighted by Gasteiger charge is 2.10. The van der Waals surface area contributed by atoms with E-state index in [4.69, 9.17) is 5.26 Å². The Kier molecular flexibility index (Phi) is 3.91. The first-order valence-corrected chi connectivity index (χ1v) is 6.91. The normalized spacial score (nSPS) is 12.8. The van der Waals surface area contributed by atoms with E-state index in [1.54, 1.807) is 31.2 Å². The van der Waals surface area contributed by atoms with Crippen molar-refractivity contribution in [2.45, 2.75) is 13.0 Å². The maximum atomic E-state index is 11.1. The number of anilines is 1. The fourth-order valence-corrected chi connectivity index (χ4v) is 2.45. The van der Waals surface area contributed by atoms with Crippen LogP contribution >= 0.6 is 0 Å². The number of nitrogens with one attached hydrogen (secondary N) is 1. The van der Waals surface area contributed by atoms with Crippen LogP contribution in [-0.2, 0) is 9.84 Å². The number of nitriles is 1. The smallest absolute Gasteiger partial charge is 0.149 e. The Morgan fingerprint density at radius 1 is 1.50 bits per heavy atom. The molecule has 0 radical (unpaired) electrons. The Morgan fingerprint density at radius 2 is 2.19 bits per heavy atom. The van der Waals surface area contributed by atoms with E-state index >= 15 is 0 Å². The van der Waals surface area contributed by atoms with Crippen molar-refractivity contribution in [1.29, 1.82) is 5.26 Å². The molecule has 0 fully saturated rings. The van der Waals surface area contributed by atoms with Crippen molar-refractivity contribution >= 4 is 15.5 Å². The molecule has 1 N–H and O–H groups in total. The lowest BCUT2D eigenvalue weighted by Gasteiger charge is -2.14. The highest BCUT2D eigenvalue weighted by molar-refractivity contribution is 7.90. The average molecular weight is 238 g/mol. The first-order valence-electron chi connectivity index (χ1n) is 4.85. The molecule has 0 saturated carbocycles. The third kappa shape index (κ3) is 4.32. The van der Waals surface area contributed by atoms with Gasteiger partial charge in [0.25, 0.3) is 0 Å². The summed E-state index contributed by atoms with van der Waals surface area (Å²) in [5.74, 6) is 0.0732. The van der Waals surface area contributed by atoms with Crippen molar-refractivity contribution in [3.05, 3.63) is 29.8 Å². The zero-order chi connectivity index (χ0) is 12.2. The third-order valence-corrected chi connectivity index (χ3v) is 3.06. The summed E-state index contributed by atoms with van der Waals surface area (Å²) in [4.78, 5) is 0. The summed E-state index contributed by atoms with van der Waals surface area (Å²) in [6.45, 7) is 1.79. The van der Waals surface area contributed by atoms with Gasteiger partial charge in [0.15, 0.2) is 0 Å². The van der Waals surface area contributed by atoms with Gasteiger partial charge in [-0.3, -0.25) is 0 Å². The van der Waals surface area contributed by atoms with Gasteiger partial charge < -0.3 is 5.32 Å². The molecule has 0 amide bonds. The molecule has 0 bridgehead atoms. The maximum Gasteiger partial charge on any atom is 0.149 e. The Hall–Kier alpha value is -1.54. The van der Waals surface area contributed by atoms with Crippen molar-refractivity contribution in [2.75, 3.05) is 17.3 Å². The molecule has 0 heterocycles. The van der Waals surface area contributed by atoms with E-state index in [1.807, 2.05) is 6.07 Å². The van der Waals surface area contributed by atoms with Crippen molar-refractivity contribution in [3.8, 4) is 6.07 Å². The highest BCUT2D eigenvalue weighted by Crippen LogP contribution is 2.11. The number of nitrogens with zero attached hydrogens (tertiary/aromatic N) is 1. The molecule has 1 unspecified atom stereocenters. The summed E-state index contributed by atoms with van der Waals surface area (Å²) in [5, 5.41) is 11.8. The van der Waals surface area contributed by atoms with Crippen molar-refractivity contribution in [1.82, 2.24) is 0 Å². The van der Waals surface area contributed by atoms with E-state index in [0.717, 1.165) is 5.69 Å². The Morgan fingerprint density at radius 3 is 2.75 bits per heavy atom. The van der Waals surface area contributed by atoms with Gasteiger partial charge in [0.1, 0.15) is 9.84 Å². The van der Waals surface area contributed by atoms with Crippen LogP contribution in [0.25, 0.3) is 0 Å². The minimum atomic E-state index is -2.99. The molecule has 0 aliphatic carbocycles. The Balaban J connectivity index is 2.70. The minimum Gasteiger partial charge on any atom is -0.382 e. The molecule has 5 heteroatoms. The SMILES string of the molecule is CC(CS(C)(=O)=O)Nc1cccc(C#N)c1. The van der Waals surface area contributed by atoms with Gasteiger partial charge >= 0.3 is 0 Å². The molecule has 0 aliphatic heterocycles. The van der Waals surface area contributed by atoms with Crippen LogP contribution in [0.4, 0.5) is 5.69 Å². The second-order valence-corrected chi connectivity index (χ2v) is 6.02. The minimum absolute atomic E-state index is 0.0732. The lowest BCUT2D eigenvalue weighted by molar-refractivity contribution is 0.598. The predicted octanol–water partition coefficient (Wildman–Crippen LogP) is 1.40. The second kappa shape index (κ2) is 4.99. The van der Waals surface area contributed by atoms with Crippen LogP contribution in [0.3, 0.4) is 0 Å². The first kappa shape index (κ1) is 12.5. The van der Waals surface area contributed by atoms with Crippen LogP contribution in [0, 0.1) is 11.3 Å². The summed E-state index contributed by atoms with van der Waals surface area (Å²) in [5.41, 5.74) is 1.31. The summed E-state index contributed by atoms with van der Waals surface area (Å²) in [7, 11) is -2.99. The van der Waals surface area contributed by atoms with E-state index in [2.05, 4.69) is 5.32 Å². The second-order valence-electron chi connectivity index (χ2n) is 3.83. The first-order chi connectivity index (χ1) is 7.40. The molecule has 1 rings (SSSR count). The van der Waals surface area contributed by atoms with Gasteiger partial charge in [0.2, 0.25) is 0 Å². The zero-order valence-electron chi connectivity index (χ0n) is 9.27. The molecule has 86 valence electrons. The summed E-state index contributed by atoms with van der Waals surface area (Å²) in [6, 6.07) is 8.81. The molecule has 0 spiro atoms. The van der Waals surface area contributed by atoms with Crippen LogP contribution in [0.2, 0.25) is 0 Å². The van der Waals surface area contributed by atoms with Crippen LogP contribution in [0.5, 0.6) is 0 Å². The molecule has 0 saturated heterocycles. The van der Waals surface area contributed by atoms with Crippen LogP contribution in [0.1, 0.15) is 12.5 Å². The molecule has 0 aromatic heterocycles. The van der Waals surface area contributed by atoms with Crippen molar-refractivity contribution in [2.24, 2.45) is 0 Å². The highest BCUT2D eigenvalue weighted by atomic mass is 32.2.